The van der Waals surface area contributed by atoms with E-state index < -0.39 is 0 Å². The Balaban J connectivity index is 1.27. The molecule has 2 aromatic carbocycles. The van der Waals surface area contributed by atoms with E-state index in [2.05, 4.69) is 118 Å². The minimum Gasteiger partial charge on any atom is -0.378 e. The molecule has 154 valence electrons. The van der Waals surface area contributed by atoms with E-state index in [4.69, 9.17) is 4.74 Å². The van der Waals surface area contributed by atoms with Crippen LogP contribution in [0.1, 0.15) is 5.56 Å². The number of anilines is 1. The van der Waals surface area contributed by atoms with E-state index in [9.17, 15) is 0 Å². The first kappa shape index (κ1) is 19.5. The predicted molar refractivity (Wildman–Crippen MR) is 122 cm³/mol. The zero-order valence-electron chi connectivity index (χ0n) is 17.6. The molecular weight excluding hydrogens is 382 g/mol. The van der Waals surface area contributed by atoms with Gasteiger partial charge in [-0.25, -0.2) is 4.57 Å². The molecule has 0 N–H and O–H groups in total. The van der Waals surface area contributed by atoms with Crippen molar-refractivity contribution in [3.63, 3.8) is 0 Å². The number of nitrogens with zero attached hydrogens (tertiary/aromatic N) is 3. The van der Waals surface area contributed by atoms with Crippen molar-refractivity contribution in [1.82, 2.24) is 0 Å². The molecule has 31 heavy (non-hydrogen) atoms. The van der Waals surface area contributed by atoms with Gasteiger partial charge in [-0.05, 0) is 23.3 Å². The number of ether oxygens (including phenoxy) is 1. The maximum atomic E-state index is 5.45. The van der Waals surface area contributed by atoms with Crippen molar-refractivity contribution in [3.05, 3.63) is 109 Å². The van der Waals surface area contributed by atoms with E-state index in [1.165, 1.54) is 22.4 Å². The minimum absolute atomic E-state index is 0.809. The summed E-state index contributed by atoms with van der Waals surface area (Å²) in [6.45, 7) is 4.43. The van der Waals surface area contributed by atoms with Crippen LogP contribution in [0.3, 0.4) is 0 Å². The van der Waals surface area contributed by atoms with Crippen LogP contribution in [-0.2, 0) is 11.3 Å². The van der Waals surface area contributed by atoms with E-state index >= 15 is 0 Å². The number of aromatic nitrogens is 2. The fourth-order valence-electron chi connectivity index (χ4n) is 4.00. The zero-order valence-corrected chi connectivity index (χ0v) is 17.6. The van der Waals surface area contributed by atoms with Crippen LogP contribution < -0.4 is 14.0 Å². The molecule has 0 saturated carbocycles. The van der Waals surface area contributed by atoms with Crippen molar-refractivity contribution < 1.29 is 13.9 Å². The van der Waals surface area contributed by atoms with Gasteiger partial charge in [-0.1, -0.05) is 30.3 Å². The molecule has 4 heteroatoms. The molecular formula is C27H27N3O+2. The van der Waals surface area contributed by atoms with Crippen molar-refractivity contribution in [2.24, 2.45) is 0 Å². The first-order chi connectivity index (χ1) is 15.3. The second-order valence-electron chi connectivity index (χ2n) is 7.85. The van der Waals surface area contributed by atoms with Crippen LogP contribution in [0.4, 0.5) is 5.69 Å². The van der Waals surface area contributed by atoms with Gasteiger partial charge in [0.15, 0.2) is 31.3 Å². The van der Waals surface area contributed by atoms with Gasteiger partial charge < -0.3 is 9.64 Å². The number of rotatable bonds is 5. The predicted octanol–water partition coefficient (Wildman–Crippen LogP) is 3.80. The third-order valence-corrected chi connectivity index (χ3v) is 5.79. The Morgan fingerprint density at radius 1 is 0.677 bits per heavy atom. The molecule has 3 heterocycles. The molecule has 1 aliphatic heterocycles. The monoisotopic (exact) mass is 409 g/mol. The van der Waals surface area contributed by atoms with Crippen LogP contribution in [-0.4, -0.2) is 26.3 Å². The highest BCUT2D eigenvalue weighted by Crippen LogP contribution is 2.18. The van der Waals surface area contributed by atoms with E-state index in [0.717, 1.165) is 38.5 Å². The van der Waals surface area contributed by atoms with Gasteiger partial charge in [0.05, 0.1) is 13.2 Å². The Hall–Kier alpha value is -3.50. The summed E-state index contributed by atoms with van der Waals surface area (Å²) in [6.07, 6.45) is 8.55. The Bertz CT molecular complexity index is 1100. The lowest BCUT2D eigenvalue weighted by molar-refractivity contribution is -0.688. The van der Waals surface area contributed by atoms with Crippen molar-refractivity contribution in [3.8, 4) is 16.8 Å². The topological polar surface area (TPSA) is 20.2 Å². The molecule has 0 atom stereocenters. The summed E-state index contributed by atoms with van der Waals surface area (Å²) in [6, 6.07) is 28.0. The minimum atomic E-state index is 0.809. The van der Waals surface area contributed by atoms with E-state index in [0.29, 0.717) is 0 Å². The molecule has 0 spiro atoms. The standard InChI is InChI=1S/C27H27N3O/c1-2-4-23(5-3-1)22-28-14-10-24(11-15-28)25-12-16-29(17-13-25)26-6-8-27(9-7-26)30-18-20-31-21-19-30/h1-17H,18-22H2/q+2. The first-order valence-corrected chi connectivity index (χ1v) is 10.8. The average molecular weight is 410 g/mol. The second kappa shape index (κ2) is 9.11. The van der Waals surface area contributed by atoms with E-state index in [1.807, 2.05) is 0 Å². The lowest BCUT2D eigenvalue weighted by Gasteiger charge is -2.28. The Morgan fingerprint density at radius 3 is 1.94 bits per heavy atom. The first-order valence-electron chi connectivity index (χ1n) is 10.8. The third kappa shape index (κ3) is 4.65. The molecule has 1 saturated heterocycles. The molecule has 4 nitrogen and oxygen atoms in total. The number of hydrogen-bond donors (Lipinski definition) is 0. The molecule has 0 bridgehead atoms. The SMILES string of the molecule is c1ccc(C[n+]2ccc(-c3cc[n+](-c4ccc(N5CCOCC5)cc4)cc3)cc2)cc1. The van der Waals surface area contributed by atoms with Gasteiger partial charge >= 0.3 is 0 Å². The fraction of sp³-hybridized carbons (Fsp3) is 0.185. The number of morpholine rings is 1. The summed E-state index contributed by atoms with van der Waals surface area (Å²) < 4.78 is 9.81. The van der Waals surface area contributed by atoms with Gasteiger partial charge in [0.2, 0.25) is 5.69 Å². The van der Waals surface area contributed by atoms with Crippen LogP contribution in [0.5, 0.6) is 0 Å². The van der Waals surface area contributed by atoms with Crippen LogP contribution in [0.2, 0.25) is 0 Å². The molecule has 0 radical (unpaired) electrons. The normalized spacial score (nSPS) is 13.9. The van der Waals surface area contributed by atoms with Gasteiger partial charge in [-0.15, -0.1) is 0 Å². The molecule has 1 aliphatic rings. The highest BCUT2D eigenvalue weighted by molar-refractivity contribution is 5.61. The zero-order chi connectivity index (χ0) is 20.9. The van der Waals surface area contributed by atoms with Gasteiger partial charge in [0.25, 0.3) is 0 Å². The van der Waals surface area contributed by atoms with Crippen LogP contribution >= 0.6 is 0 Å². The summed E-state index contributed by atoms with van der Waals surface area (Å²) in [7, 11) is 0. The molecule has 5 rings (SSSR count). The quantitative estimate of drug-likeness (QED) is 0.467. The molecule has 0 aliphatic carbocycles. The smallest absolute Gasteiger partial charge is 0.210 e. The Morgan fingerprint density at radius 2 is 1.29 bits per heavy atom. The van der Waals surface area contributed by atoms with Gasteiger partial charge in [0.1, 0.15) is 0 Å². The largest absolute Gasteiger partial charge is 0.378 e. The summed E-state index contributed by atoms with van der Waals surface area (Å²) in [5, 5.41) is 0. The summed E-state index contributed by atoms with van der Waals surface area (Å²) in [5.41, 5.74) is 6.17. The molecule has 2 aromatic heterocycles. The molecule has 0 unspecified atom stereocenters. The second-order valence-corrected chi connectivity index (χ2v) is 7.85. The lowest BCUT2D eigenvalue weighted by Crippen LogP contribution is -2.36. The van der Waals surface area contributed by atoms with Crippen molar-refractivity contribution >= 4 is 5.69 Å². The number of benzene rings is 2. The number of hydrogen-bond acceptors (Lipinski definition) is 2. The van der Waals surface area contributed by atoms with Gasteiger partial charge in [-0.2, -0.15) is 4.57 Å². The van der Waals surface area contributed by atoms with E-state index in [-0.39, 0.29) is 0 Å². The fourth-order valence-corrected chi connectivity index (χ4v) is 4.00. The van der Waals surface area contributed by atoms with Gasteiger partial charge in [-0.3, -0.25) is 0 Å². The van der Waals surface area contributed by atoms with Crippen LogP contribution in [0.25, 0.3) is 16.8 Å². The van der Waals surface area contributed by atoms with Gasteiger partial charge in [0, 0.05) is 60.7 Å². The Kier molecular flexibility index (Phi) is 5.72. The summed E-state index contributed by atoms with van der Waals surface area (Å²) in [4.78, 5) is 2.38. The highest BCUT2D eigenvalue weighted by Gasteiger charge is 2.13. The van der Waals surface area contributed by atoms with Crippen LogP contribution in [0.15, 0.2) is 104 Å². The molecule has 1 fully saturated rings. The van der Waals surface area contributed by atoms with Crippen molar-refractivity contribution in [2.45, 2.75) is 6.54 Å². The lowest BCUT2D eigenvalue weighted by atomic mass is 10.1. The van der Waals surface area contributed by atoms with Crippen molar-refractivity contribution in [2.75, 3.05) is 31.2 Å². The third-order valence-electron chi connectivity index (χ3n) is 5.79. The van der Waals surface area contributed by atoms with E-state index in [1.54, 1.807) is 0 Å². The average Bonchev–Trinajstić information content (AvgIpc) is 2.86. The number of pyridine rings is 2. The Labute approximate surface area is 183 Å². The van der Waals surface area contributed by atoms with Crippen LogP contribution in [0, 0.1) is 0 Å². The highest BCUT2D eigenvalue weighted by atomic mass is 16.5. The molecule has 4 aromatic rings. The maximum absolute atomic E-state index is 5.45. The summed E-state index contributed by atoms with van der Waals surface area (Å²) >= 11 is 0. The molecule has 0 amide bonds. The van der Waals surface area contributed by atoms with Crippen molar-refractivity contribution in [1.29, 1.82) is 0 Å². The maximum Gasteiger partial charge on any atom is 0.210 e. The summed E-state index contributed by atoms with van der Waals surface area (Å²) in [5.74, 6) is 0.